The van der Waals surface area contributed by atoms with Gasteiger partial charge in [-0.15, -0.1) is 0 Å². The zero-order valence-electron chi connectivity index (χ0n) is 12.5. The summed E-state index contributed by atoms with van der Waals surface area (Å²) in [7, 11) is 0. The minimum absolute atomic E-state index is 0.0249. The second-order valence-electron chi connectivity index (χ2n) is 6.43. The summed E-state index contributed by atoms with van der Waals surface area (Å²) in [6.45, 7) is 10.4. The second-order valence-corrected chi connectivity index (χ2v) is 7.16. The van der Waals surface area contributed by atoms with Crippen LogP contribution in [0.15, 0.2) is 0 Å². The molecule has 0 spiro atoms. The van der Waals surface area contributed by atoms with Crippen molar-refractivity contribution in [2.24, 2.45) is 11.7 Å². The summed E-state index contributed by atoms with van der Waals surface area (Å²) in [6, 6.07) is 0.552. The number of anilines is 1. The summed E-state index contributed by atoms with van der Waals surface area (Å²) in [5.74, 6) is 1.56. The van der Waals surface area contributed by atoms with Crippen LogP contribution in [0.5, 0.6) is 0 Å². The van der Waals surface area contributed by atoms with E-state index in [1.807, 2.05) is 0 Å². The van der Waals surface area contributed by atoms with Crippen LogP contribution in [0.3, 0.4) is 0 Å². The standard InChI is InChI=1S/C14H26N4S/c1-5-18(11-8-6-7-10(11)9-15)13-16-12(17-19-13)14(2,3)4/h10-11H,5-9,15H2,1-4H3. The number of hydrogen-bond acceptors (Lipinski definition) is 5. The minimum Gasteiger partial charge on any atom is -0.344 e. The van der Waals surface area contributed by atoms with E-state index in [1.165, 1.54) is 30.8 Å². The molecule has 5 heteroatoms. The molecule has 108 valence electrons. The van der Waals surface area contributed by atoms with Gasteiger partial charge in [-0.1, -0.05) is 27.2 Å². The van der Waals surface area contributed by atoms with E-state index in [9.17, 15) is 0 Å². The Kier molecular flexibility index (Phi) is 4.46. The summed E-state index contributed by atoms with van der Waals surface area (Å²) in [5, 5.41) is 1.07. The van der Waals surface area contributed by atoms with Gasteiger partial charge in [0.05, 0.1) is 0 Å². The van der Waals surface area contributed by atoms with Crippen LogP contribution in [-0.4, -0.2) is 28.5 Å². The average molecular weight is 282 g/mol. The van der Waals surface area contributed by atoms with Gasteiger partial charge in [-0.25, -0.2) is 4.98 Å². The van der Waals surface area contributed by atoms with Crippen molar-refractivity contribution in [3.8, 4) is 0 Å². The van der Waals surface area contributed by atoms with Gasteiger partial charge in [0.25, 0.3) is 0 Å². The van der Waals surface area contributed by atoms with Crippen molar-refractivity contribution >= 4 is 16.7 Å². The van der Waals surface area contributed by atoms with E-state index >= 15 is 0 Å². The van der Waals surface area contributed by atoms with Gasteiger partial charge >= 0.3 is 0 Å². The van der Waals surface area contributed by atoms with Crippen molar-refractivity contribution in [1.82, 2.24) is 9.36 Å². The van der Waals surface area contributed by atoms with Crippen molar-refractivity contribution in [3.05, 3.63) is 5.82 Å². The van der Waals surface area contributed by atoms with Crippen molar-refractivity contribution < 1.29 is 0 Å². The first-order valence-electron chi connectivity index (χ1n) is 7.28. The molecule has 2 N–H and O–H groups in total. The van der Waals surface area contributed by atoms with Crippen LogP contribution in [0, 0.1) is 5.92 Å². The molecule has 19 heavy (non-hydrogen) atoms. The second kappa shape index (κ2) is 5.75. The Labute approximate surface area is 120 Å². The van der Waals surface area contributed by atoms with E-state index in [0.717, 1.165) is 24.0 Å². The number of hydrogen-bond donors (Lipinski definition) is 1. The minimum atomic E-state index is 0.0249. The quantitative estimate of drug-likeness (QED) is 0.922. The predicted octanol–water partition coefficient (Wildman–Crippen LogP) is 2.79. The van der Waals surface area contributed by atoms with E-state index in [-0.39, 0.29) is 5.41 Å². The van der Waals surface area contributed by atoms with Crippen LogP contribution < -0.4 is 10.6 Å². The van der Waals surface area contributed by atoms with Crippen molar-refractivity contribution in [2.45, 2.75) is 58.4 Å². The van der Waals surface area contributed by atoms with Gasteiger partial charge in [-0.3, -0.25) is 0 Å². The molecule has 2 rings (SSSR count). The first-order chi connectivity index (χ1) is 8.97. The zero-order chi connectivity index (χ0) is 14.0. The first-order valence-corrected chi connectivity index (χ1v) is 8.05. The molecule has 0 amide bonds. The fourth-order valence-electron chi connectivity index (χ4n) is 2.85. The lowest BCUT2D eigenvalue weighted by Gasteiger charge is -2.31. The van der Waals surface area contributed by atoms with Gasteiger partial charge in [0.15, 0.2) is 0 Å². The lowest BCUT2D eigenvalue weighted by atomic mass is 9.96. The topological polar surface area (TPSA) is 55.0 Å². The van der Waals surface area contributed by atoms with Gasteiger partial charge in [0.1, 0.15) is 5.82 Å². The fourth-order valence-corrected chi connectivity index (χ4v) is 3.83. The number of aromatic nitrogens is 2. The van der Waals surface area contributed by atoms with Gasteiger partial charge in [0.2, 0.25) is 5.13 Å². The molecule has 4 nitrogen and oxygen atoms in total. The molecule has 2 unspecified atom stereocenters. The normalized spacial score (nSPS) is 23.8. The summed E-state index contributed by atoms with van der Waals surface area (Å²) < 4.78 is 4.54. The van der Waals surface area contributed by atoms with Gasteiger partial charge in [0, 0.05) is 29.5 Å². The van der Waals surface area contributed by atoms with Crippen LogP contribution in [-0.2, 0) is 5.41 Å². The maximum Gasteiger partial charge on any atom is 0.205 e. The van der Waals surface area contributed by atoms with Crippen LogP contribution in [0.2, 0.25) is 0 Å². The molecule has 0 aliphatic heterocycles. The Morgan fingerprint density at radius 2 is 2.11 bits per heavy atom. The molecule has 1 aromatic rings. The van der Waals surface area contributed by atoms with Crippen molar-refractivity contribution in [3.63, 3.8) is 0 Å². The molecule has 0 bridgehead atoms. The summed E-state index contributed by atoms with van der Waals surface area (Å²) in [6.07, 6.45) is 3.77. The highest BCUT2D eigenvalue weighted by molar-refractivity contribution is 7.09. The largest absolute Gasteiger partial charge is 0.344 e. The molecule has 1 aliphatic carbocycles. The Balaban J connectivity index is 2.20. The van der Waals surface area contributed by atoms with E-state index in [2.05, 4.69) is 37.0 Å². The molecule has 1 fully saturated rings. The van der Waals surface area contributed by atoms with Crippen LogP contribution in [0.25, 0.3) is 0 Å². The van der Waals surface area contributed by atoms with E-state index in [0.29, 0.717) is 12.0 Å². The van der Waals surface area contributed by atoms with Gasteiger partial charge in [-0.05, 0) is 32.2 Å². The fraction of sp³-hybridized carbons (Fsp3) is 0.857. The van der Waals surface area contributed by atoms with Crippen molar-refractivity contribution in [2.75, 3.05) is 18.0 Å². The summed E-state index contributed by atoms with van der Waals surface area (Å²) in [5.41, 5.74) is 5.93. The first kappa shape index (κ1) is 14.7. The SMILES string of the molecule is CCN(c1nc(C(C)(C)C)ns1)C1CCCC1CN. The zero-order valence-corrected chi connectivity index (χ0v) is 13.3. The highest BCUT2D eigenvalue weighted by Crippen LogP contribution is 2.34. The van der Waals surface area contributed by atoms with E-state index < -0.39 is 0 Å². The molecular formula is C14H26N4S. The molecular weight excluding hydrogens is 256 g/mol. The molecule has 2 atom stereocenters. The Morgan fingerprint density at radius 1 is 1.37 bits per heavy atom. The number of rotatable bonds is 4. The van der Waals surface area contributed by atoms with Crippen molar-refractivity contribution in [1.29, 1.82) is 0 Å². The monoisotopic (exact) mass is 282 g/mol. The number of nitrogens with zero attached hydrogens (tertiary/aromatic N) is 3. The molecule has 0 aromatic carbocycles. The smallest absolute Gasteiger partial charge is 0.205 e. The summed E-state index contributed by atoms with van der Waals surface area (Å²) >= 11 is 1.53. The molecule has 0 radical (unpaired) electrons. The van der Waals surface area contributed by atoms with Crippen LogP contribution in [0.4, 0.5) is 5.13 Å². The van der Waals surface area contributed by atoms with E-state index in [1.54, 1.807) is 0 Å². The molecule has 1 saturated carbocycles. The third-order valence-corrected chi connectivity index (χ3v) is 4.75. The Hall–Kier alpha value is -0.680. The third kappa shape index (κ3) is 3.08. The average Bonchev–Trinajstić information content (AvgIpc) is 2.97. The maximum absolute atomic E-state index is 5.91. The predicted molar refractivity (Wildman–Crippen MR) is 81.8 cm³/mol. The van der Waals surface area contributed by atoms with Gasteiger partial charge < -0.3 is 10.6 Å². The maximum atomic E-state index is 5.91. The van der Waals surface area contributed by atoms with E-state index in [4.69, 9.17) is 10.7 Å². The van der Waals surface area contributed by atoms with Crippen LogP contribution >= 0.6 is 11.5 Å². The third-order valence-electron chi connectivity index (χ3n) is 3.99. The van der Waals surface area contributed by atoms with Gasteiger partial charge in [-0.2, -0.15) is 4.37 Å². The number of nitrogens with two attached hydrogens (primary N) is 1. The Bertz CT molecular complexity index is 410. The molecule has 0 saturated heterocycles. The van der Waals surface area contributed by atoms with Crippen LogP contribution in [0.1, 0.15) is 52.8 Å². The summed E-state index contributed by atoms with van der Waals surface area (Å²) in [4.78, 5) is 7.17. The Morgan fingerprint density at radius 3 is 2.63 bits per heavy atom. The molecule has 1 aliphatic rings. The highest BCUT2D eigenvalue weighted by Gasteiger charge is 2.32. The lowest BCUT2D eigenvalue weighted by Crippen LogP contribution is -2.40. The lowest BCUT2D eigenvalue weighted by molar-refractivity contribution is 0.460. The molecule has 1 heterocycles. The highest BCUT2D eigenvalue weighted by atomic mass is 32.1. The molecule has 1 aromatic heterocycles.